The Kier molecular flexibility index (Phi) is 4.73. The molecule has 134 valence electrons. The fourth-order valence-corrected chi connectivity index (χ4v) is 3.60. The number of benzene rings is 3. The molecule has 1 N–H and O–H groups in total. The molecule has 1 atom stereocenters. The van der Waals surface area contributed by atoms with Crippen LogP contribution in [0.15, 0.2) is 83.9 Å². The van der Waals surface area contributed by atoms with Gasteiger partial charge in [0.15, 0.2) is 5.54 Å². The summed E-state index contributed by atoms with van der Waals surface area (Å²) in [5.74, 6) is 0.367. The third-order valence-corrected chi connectivity index (χ3v) is 5.30. The summed E-state index contributed by atoms with van der Waals surface area (Å²) >= 11 is 12.4. The summed E-state index contributed by atoms with van der Waals surface area (Å²) in [6.07, 6.45) is 0.375. The zero-order valence-electron chi connectivity index (χ0n) is 14.3. The van der Waals surface area contributed by atoms with E-state index < -0.39 is 5.54 Å². The molecular weight excluding hydrogens is 379 g/mol. The first-order chi connectivity index (χ1) is 13.1. The highest BCUT2D eigenvalue weighted by molar-refractivity contribution is 6.31. The van der Waals surface area contributed by atoms with E-state index in [9.17, 15) is 4.79 Å². The largest absolute Gasteiger partial charge is 0.308 e. The topological polar surface area (TPSA) is 41.5 Å². The van der Waals surface area contributed by atoms with E-state index >= 15 is 0 Å². The van der Waals surface area contributed by atoms with Gasteiger partial charge < -0.3 is 5.32 Å². The van der Waals surface area contributed by atoms with Gasteiger partial charge in [-0.05, 0) is 41.5 Å². The number of hydrogen-bond acceptors (Lipinski definition) is 2. The number of aliphatic imine (C=N–C) groups is 1. The van der Waals surface area contributed by atoms with Crippen molar-refractivity contribution >= 4 is 34.9 Å². The molecule has 1 aliphatic rings. The molecule has 3 nitrogen and oxygen atoms in total. The molecule has 1 amide bonds. The lowest BCUT2D eigenvalue weighted by molar-refractivity contribution is -0.124. The second-order valence-corrected chi connectivity index (χ2v) is 7.26. The minimum atomic E-state index is -1.07. The Balaban J connectivity index is 1.84. The van der Waals surface area contributed by atoms with Crippen molar-refractivity contribution in [2.75, 3.05) is 0 Å². The Morgan fingerprint density at radius 2 is 1.52 bits per heavy atom. The maximum absolute atomic E-state index is 13.2. The number of carbonyl (C=O) groups excluding carboxylic acids is 1. The van der Waals surface area contributed by atoms with Gasteiger partial charge in [0.05, 0.1) is 0 Å². The number of amides is 1. The molecule has 0 bridgehead atoms. The summed E-state index contributed by atoms with van der Waals surface area (Å²) in [5, 5.41) is 4.20. The van der Waals surface area contributed by atoms with E-state index in [-0.39, 0.29) is 5.91 Å². The van der Waals surface area contributed by atoms with Crippen LogP contribution in [0.3, 0.4) is 0 Å². The summed E-state index contributed by atoms with van der Waals surface area (Å²) in [5.41, 5.74) is 1.44. The van der Waals surface area contributed by atoms with Gasteiger partial charge in [-0.25, -0.2) is 4.99 Å². The van der Waals surface area contributed by atoms with Crippen LogP contribution < -0.4 is 5.32 Å². The molecule has 3 aromatic rings. The zero-order valence-corrected chi connectivity index (χ0v) is 15.8. The van der Waals surface area contributed by atoms with Crippen LogP contribution in [0.1, 0.15) is 16.7 Å². The van der Waals surface area contributed by atoms with E-state index in [1.54, 1.807) is 12.1 Å². The van der Waals surface area contributed by atoms with Crippen molar-refractivity contribution in [2.24, 2.45) is 4.99 Å². The Morgan fingerprint density at radius 3 is 2.22 bits per heavy atom. The standard InChI is InChI=1S/C22H16Cl2N2O/c23-18-12-10-15(11-13-18)20-25-21(27)22(26-20,17-7-2-1-3-8-17)14-16-6-4-5-9-19(16)24/h1-13H,14H2,(H,25,26,27). The normalized spacial score (nSPS) is 18.9. The maximum Gasteiger partial charge on any atom is 0.258 e. The average molecular weight is 395 g/mol. The van der Waals surface area contributed by atoms with Crippen LogP contribution in [0.5, 0.6) is 0 Å². The van der Waals surface area contributed by atoms with E-state index in [0.29, 0.717) is 22.3 Å². The number of carbonyl (C=O) groups is 1. The first kappa shape index (κ1) is 17.8. The lowest BCUT2D eigenvalue weighted by Gasteiger charge is -2.24. The fraction of sp³-hybridized carbons (Fsp3) is 0.0909. The lowest BCUT2D eigenvalue weighted by atomic mass is 9.84. The number of amidine groups is 1. The van der Waals surface area contributed by atoms with Crippen LogP contribution in [-0.2, 0) is 16.8 Å². The highest BCUT2D eigenvalue weighted by atomic mass is 35.5. The molecule has 0 saturated carbocycles. The highest BCUT2D eigenvalue weighted by Crippen LogP contribution is 2.36. The number of nitrogens with one attached hydrogen (secondary N) is 1. The summed E-state index contributed by atoms with van der Waals surface area (Å²) in [4.78, 5) is 18.0. The van der Waals surface area contributed by atoms with Gasteiger partial charge in [0.25, 0.3) is 5.91 Å². The van der Waals surface area contributed by atoms with Crippen molar-refractivity contribution in [3.63, 3.8) is 0 Å². The van der Waals surface area contributed by atoms with Crippen molar-refractivity contribution in [3.8, 4) is 0 Å². The molecule has 0 saturated heterocycles. The van der Waals surface area contributed by atoms with Crippen LogP contribution in [0, 0.1) is 0 Å². The Bertz CT molecular complexity index is 1020. The van der Waals surface area contributed by atoms with Crippen molar-refractivity contribution < 1.29 is 4.79 Å². The second kappa shape index (κ2) is 7.18. The molecule has 0 aliphatic carbocycles. The molecule has 0 radical (unpaired) electrons. The Hall–Kier alpha value is -2.62. The van der Waals surface area contributed by atoms with Crippen molar-refractivity contribution in [3.05, 3.63) is 106 Å². The first-order valence-corrected chi connectivity index (χ1v) is 9.30. The fourth-order valence-electron chi connectivity index (χ4n) is 3.27. The number of halogens is 2. The predicted molar refractivity (Wildman–Crippen MR) is 109 cm³/mol. The van der Waals surface area contributed by atoms with E-state index in [0.717, 1.165) is 16.7 Å². The quantitative estimate of drug-likeness (QED) is 0.663. The number of hydrogen-bond donors (Lipinski definition) is 1. The summed E-state index contributed by atoms with van der Waals surface area (Å²) in [6, 6.07) is 24.4. The smallest absolute Gasteiger partial charge is 0.258 e. The molecule has 0 spiro atoms. The van der Waals surface area contributed by atoms with Gasteiger partial charge in [-0.2, -0.15) is 0 Å². The van der Waals surface area contributed by atoms with E-state index in [1.807, 2.05) is 66.7 Å². The molecule has 27 heavy (non-hydrogen) atoms. The van der Waals surface area contributed by atoms with Crippen LogP contribution in [0.25, 0.3) is 0 Å². The van der Waals surface area contributed by atoms with E-state index in [4.69, 9.17) is 28.2 Å². The molecule has 1 aliphatic heterocycles. The van der Waals surface area contributed by atoms with Crippen molar-refractivity contribution in [1.82, 2.24) is 5.32 Å². The number of nitrogens with zero attached hydrogens (tertiary/aromatic N) is 1. The summed E-state index contributed by atoms with van der Waals surface area (Å²) in [7, 11) is 0. The maximum atomic E-state index is 13.2. The Labute approximate surface area is 167 Å². The van der Waals surface area contributed by atoms with Crippen LogP contribution in [0.4, 0.5) is 0 Å². The Morgan fingerprint density at radius 1 is 0.852 bits per heavy atom. The zero-order chi connectivity index (χ0) is 18.9. The van der Waals surface area contributed by atoms with Crippen LogP contribution in [0.2, 0.25) is 10.0 Å². The molecular formula is C22H16Cl2N2O. The molecule has 4 rings (SSSR count). The van der Waals surface area contributed by atoms with Crippen LogP contribution >= 0.6 is 23.2 Å². The SMILES string of the molecule is O=C1NC(c2ccc(Cl)cc2)=NC1(Cc1ccccc1Cl)c1ccccc1. The minimum absolute atomic E-state index is 0.168. The number of rotatable bonds is 4. The molecule has 1 heterocycles. The average Bonchev–Trinajstić information content (AvgIpc) is 3.02. The van der Waals surface area contributed by atoms with Gasteiger partial charge in [0.1, 0.15) is 5.84 Å². The van der Waals surface area contributed by atoms with Crippen LogP contribution in [-0.4, -0.2) is 11.7 Å². The van der Waals surface area contributed by atoms with Gasteiger partial charge in [-0.1, -0.05) is 71.7 Å². The van der Waals surface area contributed by atoms with Gasteiger partial charge in [-0.3, -0.25) is 4.79 Å². The van der Waals surface area contributed by atoms with E-state index in [1.165, 1.54) is 0 Å². The molecule has 3 aromatic carbocycles. The third-order valence-electron chi connectivity index (χ3n) is 4.68. The van der Waals surface area contributed by atoms with Crippen molar-refractivity contribution in [1.29, 1.82) is 0 Å². The second-order valence-electron chi connectivity index (χ2n) is 6.42. The minimum Gasteiger partial charge on any atom is -0.308 e. The van der Waals surface area contributed by atoms with Crippen molar-refractivity contribution in [2.45, 2.75) is 12.0 Å². The van der Waals surface area contributed by atoms with Gasteiger partial charge in [0.2, 0.25) is 0 Å². The molecule has 0 fully saturated rings. The first-order valence-electron chi connectivity index (χ1n) is 8.55. The summed E-state index contributed by atoms with van der Waals surface area (Å²) < 4.78 is 0. The molecule has 1 unspecified atom stereocenters. The third kappa shape index (κ3) is 3.36. The monoisotopic (exact) mass is 394 g/mol. The molecule has 5 heteroatoms. The van der Waals surface area contributed by atoms with Gasteiger partial charge >= 0.3 is 0 Å². The molecule has 0 aromatic heterocycles. The lowest BCUT2D eigenvalue weighted by Crippen LogP contribution is -2.39. The van der Waals surface area contributed by atoms with Gasteiger partial charge in [-0.15, -0.1) is 0 Å². The summed E-state index contributed by atoms with van der Waals surface area (Å²) in [6.45, 7) is 0. The van der Waals surface area contributed by atoms with E-state index in [2.05, 4.69) is 5.32 Å². The van der Waals surface area contributed by atoms with Gasteiger partial charge in [0, 0.05) is 22.0 Å². The predicted octanol–water partition coefficient (Wildman–Crippen LogP) is 5.01. The highest BCUT2D eigenvalue weighted by Gasteiger charge is 2.45.